The first-order valence-corrected chi connectivity index (χ1v) is 9.79. The molecule has 8 heteroatoms. The zero-order chi connectivity index (χ0) is 21.1. The highest BCUT2D eigenvalue weighted by Crippen LogP contribution is 2.29. The number of ether oxygens (including phenoxy) is 1. The van der Waals surface area contributed by atoms with Crippen molar-refractivity contribution in [1.29, 1.82) is 0 Å². The van der Waals surface area contributed by atoms with E-state index in [-0.39, 0.29) is 18.9 Å². The predicted molar refractivity (Wildman–Crippen MR) is 112 cm³/mol. The lowest BCUT2D eigenvalue weighted by Crippen LogP contribution is -2.28. The molecule has 0 spiro atoms. The van der Waals surface area contributed by atoms with E-state index in [1.807, 2.05) is 32.0 Å². The molecule has 1 heterocycles. The first-order chi connectivity index (χ1) is 13.7. The summed E-state index contributed by atoms with van der Waals surface area (Å²) in [7, 11) is 0. The summed E-state index contributed by atoms with van der Waals surface area (Å²) < 4.78 is 5.11. The van der Waals surface area contributed by atoms with Crippen LogP contribution in [-0.4, -0.2) is 30.9 Å². The van der Waals surface area contributed by atoms with E-state index in [1.54, 1.807) is 17.0 Å². The number of amides is 2. The summed E-state index contributed by atoms with van der Waals surface area (Å²) in [4.78, 5) is 38.3. The van der Waals surface area contributed by atoms with E-state index in [9.17, 15) is 14.4 Å². The second-order valence-electron chi connectivity index (χ2n) is 6.98. The third-order valence-corrected chi connectivity index (χ3v) is 5.39. The summed E-state index contributed by atoms with van der Waals surface area (Å²) in [6.45, 7) is 3.68. The molecule has 1 N–H and O–H groups in total. The lowest BCUT2D eigenvalue weighted by atomic mass is 10.1. The van der Waals surface area contributed by atoms with Gasteiger partial charge in [0.15, 0.2) is 6.61 Å². The fourth-order valence-electron chi connectivity index (χ4n) is 3.23. The molecule has 29 heavy (non-hydrogen) atoms. The Bertz CT molecular complexity index is 977. The van der Waals surface area contributed by atoms with Crippen LogP contribution in [0.25, 0.3) is 0 Å². The zero-order valence-electron chi connectivity index (χ0n) is 16.0. The molecule has 2 amide bonds. The minimum atomic E-state index is -0.610. The van der Waals surface area contributed by atoms with Crippen molar-refractivity contribution in [3.8, 4) is 0 Å². The number of nitrogens with zero attached hydrogens (tertiary/aromatic N) is 1. The Hall–Kier alpha value is -2.57. The zero-order valence-corrected chi connectivity index (χ0v) is 17.5. The van der Waals surface area contributed by atoms with Crippen molar-refractivity contribution in [2.45, 2.75) is 20.3 Å². The number of carbonyl (C=O) groups is 3. The lowest BCUT2D eigenvalue weighted by molar-refractivity contribution is -0.151. The topological polar surface area (TPSA) is 75.7 Å². The Balaban J connectivity index is 1.55. The summed E-state index contributed by atoms with van der Waals surface area (Å²) >= 11 is 11.7. The minimum Gasteiger partial charge on any atom is -0.455 e. The first-order valence-electron chi connectivity index (χ1n) is 9.03. The van der Waals surface area contributed by atoms with Gasteiger partial charge < -0.3 is 15.0 Å². The number of nitrogens with one attached hydrogen (secondary N) is 1. The van der Waals surface area contributed by atoms with Crippen LogP contribution in [0.15, 0.2) is 36.4 Å². The van der Waals surface area contributed by atoms with Crippen molar-refractivity contribution >= 4 is 52.4 Å². The summed E-state index contributed by atoms with van der Waals surface area (Å²) in [5, 5.41) is 3.25. The molecular weight excluding hydrogens is 415 g/mol. The van der Waals surface area contributed by atoms with E-state index >= 15 is 0 Å². The van der Waals surface area contributed by atoms with Crippen LogP contribution in [0.1, 0.15) is 17.5 Å². The number of benzene rings is 2. The van der Waals surface area contributed by atoms with Crippen LogP contribution < -0.4 is 10.2 Å². The Labute approximate surface area is 178 Å². The monoisotopic (exact) mass is 434 g/mol. The highest BCUT2D eigenvalue weighted by molar-refractivity contribution is 6.42. The summed E-state index contributed by atoms with van der Waals surface area (Å²) in [6, 6.07) is 10.4. The smallest absolute Gasteiger partial charge is 0.311 e. The highest BCUT2D eigenvalue weighted by atomic mass is 35.5. The van der Waals surface area contributed by atoms with E-state index in [4.69, 9.17) is 27.9 Å². The number of hydrogen-bond acceptors (Lipinski definition) is 4. The van der Waals surface area contributed by atoms with Gasteiger partial charge in [-0.15, -0.1) is 0 Å². The Morgan fingerprint density at radius 3 is 2.59 bits per heavy atom. The maximum absolute atomic E-state index is 12.4. The summed E-state index contributed by atoms with van der Waals surface area (Å²) in [6.07, 6.45) is 0.0561. The molecule has 1 atom stereocenters. The molecule has 0 radical (unpaired) electrons. The molecular formula is C21H20Cl2N2O4. The second-order valence-corrected chi connectivity index (χ2v) is 7.79. The van der Waals surface area contributed by atoms with Crippen molar-refractivity contribution in [2.24, 2.45) is 5.92 Å². The fourth-order valence-corrected chi connectivity index (χ4v) is 3.53. The van der Waals surface area contributed by atoms with Crippen LogP contribution in [-0.2, 0) is 19.1 Å². The molecule has 0 aromatic heterocycles. The van der Waals surface area contributed by atoms with Gasteiger partial charge >= 0.3 is 5.97 Å². The Morgan fingerprint density at radius 1 is 1.14 bits per heavy atom. The average molecular weight is 435 g/mol. The molecule has 152 valence electrons. The predicted octanol–water partition coefficient (Wildman–Crippen LogP) is 4.15. The van der Waals surface area contributed by atoms with Crippen molar-refractivity contribution in [3.63, 3.8) is 0 Å². The van der Waals surface area contributed by atoms with E-state index in [1.165, 1.54) is 6.07 Å². The molecule has 1 fully saturated rings. The number of halogens is 2. The summed E-state index contributed by atoms with van der Waals surface area (Å²) in [5.41, 5.74) is 3.29. The van der Waals surface area contributed by atoms with Crippen LogP contribution in [0.5, 0.6) is 0 Å². The van der Waals surface area contributed by atoms with Gasteiger partial charge in [-0.25, -0.2) is 0 Å². The second kappa shape index (κ2) is 8.84. The number of hydrogen-bond donors (Lipinski definition) is 1. The maximum Gasteiger partial charge on any atom is 0.311 e. The van der Waals surface area contributed by atoms with Gasteiger partial charge in [-0.1, -0.05) is 40.9 Å². The van der Waals surface area contributed by atoms with Crippen LogP contribution in [0.2, 0.25) is 10.0 Å². The quantitative estimate of drug-likeness (QED) is 0.717. The Morgan fingerprint density at radius 2 is 1.90 bits per heavy atom. The van der Waals surface area contributed by atoms with Gasteiger partial charge in [0, 0.05) is 24.3 Å². The summed E-state index contributed by atoms with van der Waals surface area (Å²) in [5.74, 6) is -1.83. The molecule has 0 bridgehead atoms. The van der Waals surface area contributed by atoms with Gasteiger partial charge in [-0.2, -0.15) is 0 Å². The van der Waals surface area contributed by atoms with Gasteiger partial charge in [-0.3, -0.25) is 14.4 Å². The fraction of sp³-hybridized carbons (Fsp3) is 0.286. The lowest BCUT2D eigenvalue weighted by Gasteiger charge is -2.19. The molecule has 0 saturated carbocycles. The third-order valence-electron chi connectivity index (χ3n) is 4.65. The number of aryl methyl sites for hydroxylation is 2. The van der Waals surface area contributed by atoms with E-state index < -0.39 is 24.4 Å². The van der Waals surface area contributed by atoms with Crippen LogP contribution in [0.4, 0.5) is 11.4 Å². The van der Waals surface area contributed by atoms with Crippen molar-refractivity contribution in [2.75, 3.05) is 23.4 Å². The molecule has 0 unspecified atom stereocenters. The van der Waals surface area contributed by atoms with Gasteiger partial charge in [0.25, 0.3) is 5.91 Å². The van der Waals surface area contributed by atoms with Gasteiger partial charge in [0.1, 0.15) is 0 Å². The van der Waals surface area contributed by atoms with Gasteiger partial charge in [0.05, 0.1) is 16.0 Å². The maximum atomic E-state index is 12.4. The van der Waals surface area contributed by atoms with Crippen LogP contribution in [0.3, 0.4) is 0 Å². The number of esters is 1. The molecule has 3 rings (SSSR count). The van der Waals surface area contributed by atoms with Crippen LogP contribution in [0, 0.1) is 19.8 Å². The molecule has 2 aromatic rings. The molecule has 2 aromatic carbocycles. The molecule has 6 nitrogen and oxygen atoms in total. The molecule has 1 aliphatic rings. The normalized spacial score (nSPS) is 16.1. The Kier molecular flexibility index (Phi) is 6.45. The van der Waals surface area contributed by atoms with Gasteiger partial charge in [-0.05, 0) is 43.7 Å². The number of anilines is 2. The first kappa shape index (κ1) is 21.1. The van der Waals surface area contributed by atoms with Crippen molar-refractivity contribution < 1.29 is 19.1 Å². The van der Waals surface area contributed by atoms with E-state index in [2.05, 4.69) is 5.32 Å². The van der Waals surface area contributed by atoms with Crippen LogP contribution >= 0.6 is 23.2 Å². The van der Waals surface area contributed by atoms with E-state index in [0.717, 1.165) is 16.8 Å². The third kappa shape index (κ3) is 5.08. The number of rotatable bonds is 5. The standard InChI is InChI=1S/C21H20Cl2N2O4/c1-12-3-6-18(13(2)7-12)25-10-14(8-20(25)27)21(28)29-11-19(26)24-15-4-5-16(22)17(23)9-15/h3-7,9,14H,8,10-11H2,1-2H3,(H,24,26)/t14-/m0/s1. The van der Waals surface area contributed by atoms with Crippen molar-refractivity contribution in [3.05, 3.63) is 57.6 Å². The van der Waals surface area contributed by atoms with Crippen molar-refractivity contribution in [1.82, 2.24) is 0 Å². The van der Waals surface area contributed by atoms with Gasteiger partial charge in [0.2, 0.25) is 5.91 Å². The SMILES string of the molecule is Cc1ccc(N2C[C@@H](C(=O)OCC(=O)Nc3ccc(Cl)c(Cl)c3)CC2=O)c(C)c1. The molecule has 1 aliphatic heterocycles. The average Bonchev–Trinajstić information content (AvgIpc) is 3.04. The molecule has 1 saturated heterocycles. The molecule has 0 aliphatic carbocycles. The largest absolute Gasteiger partial charge is 0.455 e. The minimum absolute atomic E-state index is 0.0561. The number of carbonyl (C=O) groups excluding carboxylic acids is 3. The van der Waals surface area contributed by atoms with E-state index in [0.29, 0.717) is 15.7 Å². The highest BCUT2D eigenvalue weighted by Gasteiger charge is 2.36.